The number of ether oxygens (including phenoxy) is 1. The van der Waals surface area contributed by atoms with Crippen LogP contribution in [0.1, 0.15) is 5.56 Å². The zero-order valence-electron chi connectivity index (χ0n) is 20.2. The van der Waals surface area contributed by atoms with E-state index in [0.29, 0.717) is 33.9 Å². The molecule has 39 heavy (non-hydrogen) atoms. The summed E-state index contributed by atoms with van der Waals surface area (Å²) in [5.74, 6) is -4.39. The summed E-state index contributed by atoms with van der Waals surface area (Å²) in [5.41, 5.74) is -2.02. The highest BCUT2D eigenvalue weighted by molar-refractivity contribution is 6.36. The van der Waals surface area contributed by atoms with Gasteiger partial charge in [-0.3, -0.25) is 4.79 Å². The molecular formula is C22H17ClF5N9O2. The van der Waals surface area contributed by atoms with E-state index < -0.39 is 28.9 Å². The fourth-order valence-electron chi connectivity index (χ4n) is 3.85. The number of aryl methyl sites for hydroxylation is 2. The molecule has 0 amide bonds. The summed E-state index contributed by atoms with van der Waals surface area (Å²) in [5, 5.41) is 9.71. The zero-order valence-corrected chi connectivity index (χ0v) is 20.9. The Kier molecular flexibility index (Phi) is 6.08. The SMILES string of the molecule is CNc1nccn2ncc(Oc3cnc4nc(Nc5cc(C(F)(F)C(F)(F)F)cn(C)c5=O)n(C)c4c3Cl)c12. The molecule has 17 heteroatoms. The van der Waals surface area contributed by atoms with Crippen molar-refractivity contribution in [1.29, 1.82) is 0 Å². The highest BCUT2D eigenvalue weighted by atomic mass is 35.5. The highest BCUT2D eigenvalue weighted by Crippen LogP contribution is 2.44. The number of fused-ring (bicyclic) bond motifs is 2. The van der Waals surface area contributed by atoms with E-state index in [2.05, 4.69) is 30.7 Å². The van der Waals surface area contributed by atoms with Crippen molar-refractivity contribution in [2.75, 3.05) is 17.7 Å². The molecule has 0 aliphatic heterocycles. The van der Waals surface area contributed by atoms with E-state index in [-0.39, 0.29) is 27.9 Å². The van der Waals surface area contributed by atoms with Gasteiger partial charge in [0, 0.05) is 45.3 Å². The van der Waals surface area contributed by atoms with Gasteiger partial charge in [0.15, 0.2) is 28.5 Å². The van der Waals surface area contributed by atoms with Gasteiger partial charge in [-0.15, -0.1) is 0 Å². The molecule has 0 bridgehead atoms. The standard InChI is InChI=1S/C22H17ClF5N9O2/c1-29-17-15-13(8-32-37(15)5-4-30-17)39-12-7-31-18-16(14(12)23)36(3)20(34-18)33-11-6-10(9-35(2)19(11)38)21(24,25)22(26,27)28/h4-9H,1-3H3,(H,29,30)(H,31,33,34). The van der Waals surface area contributed by atoms with Crippen molar-refractivity contribution in [2.24, 2.45) is 14.1 Å². The largest absolute Gasteiger partial charge is 0.458 e. The minimum Gasteiger partial charge on any atom is -0.450 e. The average molecular weight is 570 g/mol. The fraction of sp³-hybridized carbons (Fsp3) is 0.227. The van der Waals surface area contributed by atoms with Crippen molar-refractivity contribution < 1.29 is 26.7 Å². The Morgan fingerprint density at radius 3 is 2.49 bits per heavy atom. The van der Waals surface area contributed by atoms with Crippen LogP contribution in [-0.2, 0) is 20.0 Å². The molecule has 0 atom stereocenters. The van der Waals surface area contributed by atoms with Gasteiger partial charge < -0.3 is 24.5 Å². The molecule has 5 heterocycles. The third-order valence-electron chi connectivity index (χ3n) is 5.81. The first-order valence-corrected chi connectivity index (χ1v) is 11.3. The van der Waals surface area contributed by atoms with Crippen molar-refractivity contribution in [2.45, 2.75) is 12.1 Å². The van der Waals surface area contributed by atoms with Gasteiger partial charge in [-0.1, -0.05) is 11.6 Å². The molecule has 0 aliphatic rings. The maximum absolute atomic E-state index is 14.0. The van der Waals surface area contributed by atoms with E-state index in [9.17, 15) is 26.7 Å². The Balaban J connectivity index is 1.54. The van der Waals surface area contributed by atoms with E-state index in [4.69, 9.17) is 16.3 Å². The lowest BCUT2D eigenvalue weighted by atomic mass is 10.1. The first kappa shape index (κ1) is 26.1. The minimum absolute atomic E-state index is 0.0579. The number of aromatic nitrogens is 7. The Bertz CT molecular complexity index is 1800. The summed E-state index contributed by atoms with van der Waals surface area (Å²) in [7, 11) is 4.21. The summed E-state index contributed by atoms with van der Waals surface area (Å²) in [6, 6.07) is 0.428. The molecule has 0 unspecified atom stereocenters. The second-order valence-corrected chi connectivity index (χ2v) is 8.67. The number of halogens is 6. The van der Waals surface area contributed by atoms with E-state index in [1.807, 2.05) is 0 Å². The number of anilines is 3. The number of rotatable bonds is 6. The lowest BCUT2D eigenvalue weighted by molar-refractivity contribution is -0.289. The fourth-order valence-corrected chi connectivity index (χ4v) is 4.14. The van der Waals surface area contributed by atoms with Crippen LogP contribution in [0.4, 0.5) is 39.4 Å². The van der Waals surface area contributed by atoms with Crippen LogP contribution < -0.4 is 20.9 Å². The maximum atomic E-state index is 14.0. The Hall–Kier alpha value is -4.47. The molecule has 0 radical (unpaired) electrons. The second kappa shape index (κ2) is 9.07. The Morgan fingerprint density at radius 1 is 1.05 bits per heavy atom. The van der Waals surface area contributed by atoms with E-state index in [1.54, 1.807) is 19.4 Å². The molecule has 5 aromatic heterocycles. The number of hydrogen-bond donors (Lipinski definition) is 2. The molecule has 0 fully saturated rings. The first-order chi connectivity index (χ1) is 18.3. The van der Waals surface area contributed by atoms with Gasteiger partial charge in [-0.2, -0.15) is 32.0 Å². The molecule has 2 N–H and O–H groups in total. The minimum atomic E-state index is -5.86. The van der Waals surface area contributed by atoms with Gasteiger partial charge in [0.25, 0.3) is 5.56 Å². The molecule has 0 saturated heterocycles. The molecule has 11 nitrogen and oxygen atoms in total. The third-order valence-corrected chi connectivity index (χ3v) is 6.17. The van der Waals surface area contributed by atoms with Crippen LogP contribution in [0.25, 0.3) is 16.7 Å². The summed E-state index contributed by atoms with van der Waals surface area (Å²) in [6.07, 6.45) is 0.479. The van der Waals surface area contributed by atoms with Gasteiger partial charge in [0.2, 0.25) is 5.95 Å². The molecule has 204 valence electrons. The summed E-state index contributed by atoms with van der Waals surface area (Å²) >= 11 is 6.59. The molecule has 0 saturated carbocycles. The number of hydrogen-bond acceptors (Lipinski definition) is 8. The predicted octanol–water partition coefficient (Wildman–Crippen LogP) is 4.59. The van der Waals surface area contributed by atoms with Gasteiger partial charge in [-0.25, -0.2) is 14.5 Å². The maximum Gasteiger partial charge on any atom is 0.458 e. The number of pyridine rings is 2. The van der Waals surface area contributed by atoms with E-state index in [0.717, 1.165) is 7.05 Å². The first-order valence-electron chi connectivity index (χ1n) is 10.9. The van der Waals surface area contributed by atoms with E-state index in [1.165, 1.54) is 28.5 Å². The van der Waals surface area contributed by atoms with Gasteiger partial charge in [0.1, 0.15) is 16.2 Å². The normalized spacial score (nSPS) is 12.3. The van der Waals surface area contributed by atoms with Crippen molar-refractivity contribution in [3.05, 3.63) is 58.0 Å². The topological polar surface area (TPSA) is 116 Å². The average Bonchev–Trinajstić information content (AvgIpc) is 3.43. The van der Waals surface area contributed by atoms with Crippen LogP contribution in [0.3, 0.4) is 0 Å². The quantitative estimate of drug-likeness (QED) is 0.285. The van der Waals surface area contributed by atoms with Crippen LogP contribution >= 0.6 is 11.6 Å². The van der Waals surface area contributed by atoms with Crippen LogP contribution in [-0.4, -0.2) is 46.9 Å². The van der Waals surface area contributed by atoms with Crippen LogP contribution in [0.15, 0.2) is 41.8 Å². The third kappa shape index (κ3) is 4.25. The van der Waals surface area contributed by atoms with Crippen molar-refractivity contribution in [3.8, 4) is 11.5 Å². The highest BCUT2D eigenvalue weighted by Gasteiger charge is 2.59. The number of nitrogens with one attached hydrogen (secondary N) is 2. The number of imidazole rings is 1. The van der Waals surface area contributed by atoms with E-state index >= 15 is 0 Å². The van der Waals surface area contributed by atoms with Crippen molar-refractivity contribution in [3.63, 3.8) is 0 Å². The Morgan fingerprint density at radius 2 is 1.79 bits per heavy atom. The number of nitrogens with zero attached hydrogens (tertiary/aromatic N) is 7. The van der Waals surface area contributed by atoms with Crippen LogP contribution in [0.5, 0.6) is 11.5 Å². The van der Waals surface area contributed by atoms with Gasteiger partial charge in [-0.05, 0) is 6.07 Å². The zero-order chi connectivity index (χ0) is 28.3. The molecule has 0 spiro atoms. The summed E-state index contributed by atoms with van der Waals surface area (Å²) in [6.45, 7) is 0. The Labute approximate surface area is 219 Å². The van der Waals surface area contributed by atoms with Crippen LogP contribution in [0.2, 0.25) is 5.02 Å². The molecule has 5 rings (SSSR count). The summed E-state index contributed by atoms with van der Waals surface area (Å²) in [4.78, 5) is 25.2. The monoisotopic (exact) mass is 569 g/mol. The molecular weight excluding hydrogens is 553 g/mol. The lowest BCUT2D eigenvalue weighted by Gasteiger charge is -2.21. The predicted molar refractivity (Wildman–Crippen MR) is 131 cm³/mol. The molecule has 0 aromatic carbocycles. The molecule has 0 aliphatic carbocycles. The summed E-state index contributed by atoms with van der Waals surface area (Å²) < 4.78 is 76.3. The smallest absolute Gasteiger partial charge is 0.450 e. The second-order valence-electron chi connectivity index (χ2n) is 8.29. The van der Waals surface area contributed by atoms with Crippen molar-refractivity contribution in [1.82, 2.24) is 33.7 Å². The van der Waals surface area contributed by atoms with Crippen molar-refractivity contribution >= 4 is 45.7 Å². The number of alkyl halides is 5. The molecule has 5 aromatic rings. The lowest BCUT2D eigenvalue weighted by Crippen LogP contribution is -2.35. The van der Waals surface area contributed by atoms with Gasteiger partial charge in [0.05, 0.1) is 12.4 Å². The van der Waals surface area contributed by atoms with Crippen LogP contribution in [0, 0.1) is 0 Å². The van der Waals surface area contributed by atoms with Gasteiger partial charge >= 0.3 is 12.1 Å².